The Labute approximate surface area is 178 Å². The number of aromatic nitrogens is 4. The summed E-state index contributed by atoms with van der Waals surface area (Å²) >= 11 is 0. The number of hydrogen-bond donors (Lipinski definition) is 0. The van der Waals surface area contributed by atoms with Crippen LogP contribution in [0.3, 0.4) is 0 Å². The highest BCUT2D eigenvalue weighted by molar-refractivity contribution is 5.96. The average Bonchev–Trinajstić information content (AvgIpc) is 3.38. The first kappa shape index (κ1) is 19.2. The molecule has 4 aromatic rings. The van der Waals surface area contributed by atoms with E-state index in [1.54, 1.807) is 17.9 Å². The van der Waals surface area contributed by atoms with Gasteiger partial charge in [0.05, 0.1) is 23.4 Å². The second-order valence-electron chi connectivity index (χ2n) is 7.86. The van der Waals surface area contributed by atoms with Crippen molar-refractivity contribution in [2.24, 2.45) is 0 Å². The van der Waals surface area contributed by atoms with Gasteiger partial charge in [0, 0.05) is 18.7 Å². The van der Waals surface area contributed by atoms with E-state index in [9.17, 15) is 9.59 Å². The molecule has 8 heteroatoms. The number of hydrogen-bond acceptors (Lipinski definition) is 6. The maximum atomic E-state index is 12.9. The summed E-state index contributed by atoms with van der Waals surface area (Å²) in [7, 11) is 0. The first-order chi connectivity index (χ1) is 15.0. The quantitative estimate of drug-likeness (QED) is 0.509. The van der Waals surface area contributed by atoms with Crippen LogP contribution in [0.2, 0.25) is 0 Å². The van der Waals surface area contributed by atoms with Crippen LogP contribution in [-0.2, 0) is 11.3 Å². The number of aryl methyl sites for hydroxylation is 2. The van der Waals surface area contributed by atoms with Crippen molar-refractivity contribution in [2.75, 3.05) is 11.4 Å². The molecule has 8 nitrogen and oxygen atoms in total. The SMILES string of the molecule is Cc1ccc(N2C[C@@H](c3nc(Cn4c(C)nc5ccccc5c4=O)no3)CC2=O)cc1. The van der Waals surface area contributed by atoms with E-state index in [1.807, 2.05) is 49.4 Å². The molecule has 31 heavy (non-hydrogen) atoms. The van der Waals surface area contributed by atoms with Gasteiger partial charge in [-0.15, -0.1) is 0 Å². The molecule has 0 N–H and O–H groups in total. The van der Waals surface area contributed by atoms with Gasteiger partial charge in [0.1, 0.15) is 5.82 Å². The van der Waals surface area contributed by atoms with Crippen molar-refractivity contribution < 1.29 is 9.32 Å². The molecule has 0 radical (unpaired) electrons. The van der Waals surface area contributed by atoms with Crippen molar-refractivity contribution in [1.29, 1.82) is 0 Å². The van der Waals surface area contributed by atoms with E-state index in [2.05, 4.69) is 15.1 Å². The summed E-state index contributed by atoms with van der Waals surface area (Å²) in [6.45, 7) is 4.44. The van der Waals surface area contributed by atoms with Crippen molar-refractivity contribution in [3.05, 3.63) is 82.0 Å². The fraction of sp³-hybridized carbons (Fsp3) is 0.261. The summed E-state index contributed by atoms with van der Waals surface area (Å²) in [4.78, 5) is 36.1. The Hall–Kier alpha value is -3.81. The summed E-state index contributed by atoms with van der Waals surface area (Å²) in [5.74, 6) is 1.23. The van der Waals surface area contributed by atoms with Crippen LogP contribution in [0.25, 0.3) is 10.9 Å². The van der Waals surface area contributed by atoms with Crippen molar-refractivity contribution in [3.8, 4) is 0 Å². The molecule has 156 valence electrons. The highest BCUT2D eigenvalue weighted by Gasteiger charge is 2.35. The molecule has 5 rings (SSSR count). The number of carbonyl (C=O) groups is 1. The van der Waals surface area contributed by atoms with Crippen LogP contribution in [0.4, 0.5) is 5.69 Å². The zero-order chi connectivity index (χ0) is 21.5. The molecule has 0 spiro atoms. The maximum absolute atomic E-state index is 12.9. The van der Waals surface area contributed by atoms with Gasteiger partial charge in [-0.2, -0.15) is 4.98 Å². The zero-order valence-corrected chi connectivity index (χ0v) is 17.3. The first-order valence-corrected chi connectivity index (χ1v) is 10.2. The lowest BCUT2D eigenvalue weighted by Crippen LogP contribution is -2.25. The average molecular weight is 415 g/mol. The largest absolute Gasteiger partial charge is 0.339 e. The predicted octanol–water partition coefficient (Wildman–Crippen LogP) is 2.97. The molecule has 1 fully saturated rings. The molecule has 0 unspecified atom stereocenters. The second kappa shape index (κ2) is 7.46. The third-order valence-electron chi connectivity index (χ3n) is 5.66. The van der Waals surface area contributed by atoms with Gasteiger partial charge in [0.25, 0.3) is 5.56 Å². The van der Waals surface area contributed by atoms with E-state index in [1.165, 1.54) is 4.57 Å². The van der Waals surface area contributed by atoms with E-state index in [0.717, 1.165) is 11.3 Å². The normalized spacial score (nSPS) is 16.4. The molecule has 2 aromatic heterocycles. The van der Waals surface area contributed by atoms with Crippen molar-refractivity contribution in [3.63, 3.8) is 0 Å². The molecule has 0 aliphatic carbocycles. The second-order valence-corrected chi connectivity index (χ2v) is 7.86. The van der Waals surface area contributed by atoms with Crippen LogP contribution in [-0.4, -0.2) is 32.1 Å². The van der Waals surface area contributed by atoms with Crippen molar-refractivity contribution in [2.45, 2.75) is 32.7 Å². The lowest BCUT2D eigenvalue weighted by Gasteiger charge is -2.16. The monoisotopic (exact) mass is 415 g/mol. The maximum Gasteiger partial charge on any atom is 0.261 e. The molecular formula is C23H21N5O3. The van der Waals surface area contributed by atoms with Crippen molar-refractivity contribution in [1.82, 2.24) is 19.7 Å². The zero-order valence-electron chi connectivity index (χ0n) is 17.3. The lowest BCUT2D eigenvalue weighted by atomic mass is 10.1. The summed E-state index contributed by atoms with van der Waals surface area (Å²) in [6.07, 6.45) is 0.312. The van der Waals surface area contributed by atoms with E-state index in [-0.39, 0.29) is 23.9 Å². The van der Waals surface area contributed by atoms with Crippen LogP contribution in [0.15, 0.2) is 57.8 Å². The topological polar surface area (TPSA) is 94.1 Å². The number of rotatable bonds is 4. The Morgan fingerprint density at radius 1 is 1.03 bits per heavy atom. The molecule has 2 aromatic carbocycles. The van der Waals surface area contributed by atoms with Gasteiger partial charge in [-0.25, -0.2) is 4.98 Å². The number of benzene rings is 2. The van der Waals surface area contributed by atoms with E-state index in [0.29, 0.717) is 41.4 Å². The number of carbonyl (C=O) groups excluding carboxylic acids is 1. The summed E-state index contributed by atoms with van der Waals surface area (Å²) in [6, 6.07) is 15.1. The highest BCUT2D eigenvalue weighted by atomic mass is 16.5. The molecule has 1 aliphatic heterocycles. The van der Waals surface area contributed by atoms with Crippen molar-refractivity contribution >= 4 is 22.5 Å². The number of fused-ring (bicyclic) bond motifs is 1. The number of anilines is 1. The van der Waals surface area contributed by atoms with Gasteiger partial charge in [-0.1, -0.05) is 35.0 Å². The molecule has 1 amide bonds. The Balaban J connectivity index is 1.38. The Bertz CT molecular complexity index is 1340. The van der Waals surface area contributed by atoms with Crippen LogP contribution < -0.4 is 10.5 Å². The first-order valence-electron chi connectivity index (χ1n) is 10.2. The Morgan fingerprint density at radius 2 is 1.81 bits per heavy atom. The summed E-state index contributed by atoms with van der Waals surface area (Å²) in [5, 5.41) is 4.60. The number of nitrogens with zero attached hydrogens (tertiary/aromatic N) is 5. The van der Waals surface area contributed by atoms with Gasteiger partial charge in [-0.3, -0.25) is 14.2 Å². The summed E-state index contributed by atoms with van der Waals surface area (Å²) < 4.78 is 7.00. The van der Waals surface area contributed by atoms with Crippen LogP contribution >= 0.6 is 0 Å². The third kappa shape index (κ3) is 3.50. The summed E-state index contributed by atoms with van der Waals surface area (Å²) in [5.41, 5.74) is 2.52. The Kier molecular flexibility index (Phi) is 4.62. The molecule has 0 saturated carbocycles. The minimum absolute atomic E-state index is 0.0272. The third-order valence-corrected chi connectivity index (χ3v) is 5.66. The number of amides is 1. The van der Waals surface area contributed by atoms with Gasteiger partial charge in [0.15, 0.2) is 5.82 Å². The minimum atomic E-state index is -0.178. The molecule has 1 atom stereocenters. The molecule has 3 heterocycles. The predicted molar refractivity (Wildman–Crippen MR) is 115 cm³/mol. The van der Waals surface area contributed by atoms with E-state index in [4.69, 9.17) is 4.52 Å². The van der Waals surface area contributed by atoms with Gasteiger partial charge in [0.2, 0.25) is 11.8 Å². The van der Waals surface area contributed by atoms with Gasteiger partial charge < -0.3 is 9.42 Å². The highest BCUT2D eigenvalue weighted by Crippen LogP contribution is 2.31. The molecule has 0 bridgehead atoms. The van der Waals surface area contributed by atoms with E-state index < -0.39 is 0 Å². The lowest BCUT2D eigenvalue weighted by molar-refractivity contribution is -0.117. The standard InChI is InChI=1S/C23H21N5O3/c1-14-7-9-17(10-8-14)28-12-16(11-21(28)29)22-25-20(26-31-22)13-27-15(2)24-19-6-4-3-5-18(19)23(27)30/h3-10,16H,11-13H2,1-2H3/t16-/m0/s1. The van der Waals surface area contributed by atoms with E-state index >= 15 is 0 Å². The molecular weight excluding hydrogens is 394 g/mol. The fourth-order valence-corrected chi connectivity index (χ4v) is 3.95. The van der Waals surface area contributed by atoms with Crippen LogP contribution in [0.1, 0.15) is 35.4 Å². The number of para-hydroxylation sites is 1. The van der Waals surface area contributed by atoms with Crippen LogP contribution in [0, 0.1) is 13.8 Å². The van der Waals surface area contributed by atoms with Gasteiger partial charge >= 0.3 is 0 Å². The van der Waals surface area contributed by atoms with Crippen LogP contribution in [0.5, 0.6) is 0 Å². The van der Waals surface area contributed by atoms with Gasteiger partial charge in [-0.05, 0) is 38.1 Å². The molecule has 1 aliphatic rings. The smallest absolute Gasteiger partial charge is 0.261 e. The Morgan fingerprint density at radius 3 is 2.61 bits per heavy atom. The molecule has 1 saturated heterocycles. The fourth-order valence-electron chi connectivity index (χ4n) is 3.95. The minimum Gasteiger partial charge on any atom is -0.339 e.